The molecule has 1 fully saturated rings. The Morgan fingerprint density at radius 1 is 1.46 bits per heavy atom. The molecule has 0 radical (unpaired) electrons. The van der Waals surface area contributed by atoms with Gasteiger partial charge in [0.25, 0.3) is 5.56 Å². The van der Waals surface area contributed by atoms with Crippen LogP contribution in [0.25, 0.3) is 11.2 Å². The number of rotatable bonds is 5. The molecule has 2 aromatic rings. The zero-order chi connectivity index (χ0) is 19.0. The van der Waals surface area contributed by atoms with E-state index in [1.165, 1.54) is 0 Å². The van der Waals surface area contributed by atoms with Crippen molar-refractivity contribution in [3.63, 3.8) is 0 Å². The zero-order valence-electron chi connectivity index (χ0n) is 13.5. The lowest BCUT2D eigenvalue weighted by molar-refractivity contribution is -0.0513. The van der Waals surface area contributed by atoms with Crippen LogP contribution in [0.2, 0.25) is 0 Å². The summed E-state index contributed by atoms with van der Waals surface area (Å²) in [4.78, 5) is 31.3. The summed E-state index contributed by atoms with van der Waals surface area (Å²) in [6.07, 6.45) is -6.03. The van der Waals surface area contributed by atoms with Crippen molar-refractivity contribution in [2.45, 2.75) is 44.0 Å². The van der Waals surface area contributed by atoms with Crippen LogP contribution >= 0.6 is 0 Å². The molecule has 0 spiro atoms. The number of nitrogens with zero attached hydrogens (tertiary/aromatic N) is 4. The first-order chi connectivity index (χ1) is 12.4. The molecule has 0 aliphatic carbocycles. The fourth-order valence-electron chi connectivity index (χ4n) is 3.02. The van der Waals surface area contributed by atoms with Crippen LogP contribution in [0.3, 0.4) is 0 Å². The molecule has 3 heterocycles. The number of anilines is 1. The number of H-pyrrole nitrogens is 1. The summed E-state index contributed by atoms with van der Waals surface area (Å²) in [6, 6.07) is 1.93. The number of imidazole rings is 1. The van der Waals surface area contributed by atoms with Gasteiger partial charge in [-0.2, -0.15) is 10.2 Å². The van der Waals surface area contributed by atoms with Gasteiger partial charge in [-0.15, -0.1) is 0 Å². The maximum absolute atomic E-state index is 14.1. The van der Waals surface area contributed by atoms with Crippen LogP contribution in [0.1, 0.15) is 19.1 Å². The number of aromatic amines is 1. The molecule has 1 saturated heterocycles. The number of nitrogens with one attached hydrogen (secondary N) is 1. The van der Waals surface area contributed by atoms with E-state index in [0.29, 0.717) is 6.42 Å². The number of fused-ring (bicyclic) bond motifs is 1. The van der Waals surface area contributed by atoms with Gasteiger partial charge in [-0.05, 0) is 6.42 Å². The molecule has 0 bridgehead atoms. The summed E-state index contributed by atoms with van der Waals surface area (Å²) in [5.74, 6) is -0.270. The number of nitriles is 1. The van der Waals surface area contributed by atoms with Crippen LogP contribution in [0.5, 0.6) is 0 Å². The molecular weight excluding hydrogens is 351 g/mol. The molecule has 0 saturated carbocycles. The van der Waals surface area contributed by atoms with Crippen LogP contribution < -0.4 is 17.0 Å². The van der Waals surface area contributed by atoms with Gasteiger partial charge >= 0.3 is 5.69 Å². The van der Waals surface area contributed by atoms with E-state index in [2.05, 4.69) is 9.97 Å². The second-order valence-corrected chi connectivity index (χ2v) is 5.87. The minimum Gasteiger partial charge on any atom is -0.394 e. The summed E-state index contributed by atoms with van der Waals surface area (Å²) in [5, 5.41) is 27.9. The number of hydrogen-bond acceptors (Lipinski definition) is 8. The van der Waals surface area contributed by atoms with Crippen molar-refractivity contribution in [3.05, 3.63) is 20.8 Å². The first-order valence-corrected chi connectivity index (χ1v) is 7.86. The predicted molar refractivity (Wildman–Crippen MR) is 85.8 cm³/mol. The fraction of sp³-hybridized carbons (Fsp3) is 0.571. The average molecular weight is 368 g/mol. The Hall–Kier alpha value is -2.75. The fourth-order valence-corrected chi connectivity index (χ4v) is 3.02. The molecule has 2 aromatic heterocycles. The first kappa shape index (κ1) is 18.1. The van der Waals surface area contributed by atoms with Gasteiger partial charge in [0.1, 0.15) is 12.2 Å². The van der Waals surface area contributed by atoms with E-state index in [4.69, 9.17) is 20.8 Å². The number of ether oxygens (including phenoxy) is 1. The zero-order valence-corrected chi connectivity index (χ0v) is 13.5. The maximum Gasteiger partial charge on any atom is 0.332 e. The monoisotopic (exact) mass is 368 g/mol. The molecule has 0 aromatic carbocycles. The number of aliphatic hydroxyl groups is 2. The molecule has 4 atom stereocenters. The van der Waals surface area contributed by atoms with Crippen LogP contribution in [-0.4, -0.2) is 54.3 Å². The Kier molecular flexibility index (Phi) is 4.77. The van der Waals surface area contributed by atoms with Gasteiger partial charge in [-0.25, -0.2) is 13.8 Å². The lowest BCUT2D eigenvalue weighted by Crippen LogP contribution is -2.34. The summed E-state index contributed by atoms with van der Waals surface area (Å²) < 4.78 is 21.2. The number of alkyl halides is 1. The maximum atomic E-state index is 14.1. The van der Waals surface area contributed by atoms with Crippen LogP contribution in [0.15, 0.2) is 9.59 Å². The van der Waals surface area contributed by atoms with Gasteiger partial charge < -0.3 is 20.7 Å². The number of halogens is 1. The largest absolute Gasteiger partial charge is 0.394 e. The van der Waals surface area contributed by atoms with E-state index in [-0.39, 0.29) is 30.1 Å². The lowest BCUT2D eigenvalue weighted by Gasteiger charge is -2.15. The highest BCUT2D eigenvalue weighted by atomic mass is 19.1. The third kappa shape index (κ3) is 2.75. The highest BCUT2D eigenvalue weighted by Crippen LogP contribution is 2.32. The van der Waals surface area contributed by atoms with Gasteiger partial charge in [-0.1, -0.05) is 0 Å². The van der Waals surface area contributed by atoms with Gasteiger partial charge in [0.2, 0.25) is 5.95 Å². The Morgan fingerprint density at radius 2 is 2.19 bits per heavy atom. The third-order valence-electron chi connectivity index (χ3n) is 4.22. The van der Waals surface area contributed by atoms with Crippen LogP contribution in [-0.2, 0) is 11.3 Å². The average Bonchev–Trinajstić information content (AvgIpc) is 3.03. The van der Waals surface area contributed by atoms with Crippen molar-refractivity contribution in [1.82, 2.24) is 19.1 Å². The molecule has 0 unspecified atom stereocenters. The van der Waals surface area contributed by atoms with Gasteiger partial charge in [0.05, 0.1) is 12.7 Å². The Labute approximate surface area is 145 Å². The van der Waals surface area contributed by atoms with E-state index in [0.717, 1.165) is 9.13 Å². The topological polar surface area (TPSA) is 172 Å². The van der Waals surface area contributed by atoms with Crippen molar-refractivity contribution in [2.24, 2.45) is 0 Å². The Morgan fingerprint density at radius 3 is 2.81 bits per heavy atom. The summed E-state index contributed by atoms with van der Waals surface area (Å²) in [7, 11) is 0. The molecule has 3 rings (SSSR count). The number of aliphatic hydroxyl groups excluding tert-OH is 2. The van der Waals surface area contributed by atoms with Gasteiger partial charge in [-0.3, -0.25) is 14.3 Å². The second-order valence-electron chi connectivity index (χ2n) is 5.87. The molecule has 1 aliphatic rings. The lowest BCUT2D eigenvalue weighted by atomic mass is 10.1. The number of unbranched alkanes of at least 4 members (excludes halogenated alkanes) is 1. The molecule has 1 aliphatic heterocycles. The van der Waals surface area contributed by atoms with E-state index in [9.17, 15) is 19.1 Å². The molecule has 12 heteroatoms. The summed E-state index contributed by atoms with van der Waals surface area (Å²) in [5.41, 5.74) is 3.78. The molecular formula is C14H17FN6O5. The molecule has 5 N–H and O–H groups in total. The van der Waals surface area contributed by atoms with Crippen LogP contribution in [0.4, 0.5) is 10.3 Å². The Balaban J connectivity index is 2.20. The first-order valence-electron chi connectivity index (χ1n) is 7.86. The van der Waals surface area contributed by atoms with Crippen molar-refractivity contribution < 1.29 is 19.3 Å². The highest BCUT2D eigenvalue weighted by Gasteiger charge is 2.46. The predicted octanol–water partition coefficient (Wildman–Crippen LogP) is -1.64. The van der Waals surface area contributed by atoms with E-state index in [1.54, 1.807) is 0 Å². The minimum absolute atomic E-state index is 0.0376. The van der Waals surface area contributed by atoms with Crippen molar-refractivity contribution >= 4 is 17.1 Å². The minimum atomic E-state index is -1.92. The number of nitrogen functional groups attached to an aromatic ring is 1. The second kappa shape index (κ2) is 6.87. The van der Waals surface area contributed by atoms with Gasteiger partial charge in [0.15, 0.2) is 23.6 Å². The molecule has 0 amide bonds. The number of hydrogen-bond donors (Lipinski definition) is 4. The molecule has 11 nitrogen and oxygen atoms in total. The van der Waals surface area contributed by atoms with Crippen molar-refractivity contribution in [1.29, 1.82) is 5.26 Å². The quantitative estimate of drug-likeness (QED) is 0.455. The number of aromatic nitrogens is 4. The molecule has 140 valence electrons. The van der Waals surface area contributed by atoms with E-state index < -0.39 is 42.5 Å². The van der Waals surface area contributed by atoms with E-state index in [1.807, 2.05) is 6.07 Å². The molecule has 26 heavy (non-hydrogen) atoms. The number of aryl methyl sites for hydroxylation is 1. The normalized spacial score (nSPS) is 25.6. The third-order valence-corrected chi connectivity index (χ3v) is 4.22. The van der Waals surface area contributed by atoms with Crippen LogP contribution in [0, 0.1) is 11.3 Å². The standard InChI is InChI=1S/C14H17FN6O5/c15-7-6(5-22)26-12(9(7)23)21-10-8(11(24)19-13(17)18-10)20(14(21)25)4-2-1-3-16/h6-7,9,12,22-23H,1-2,4-5H2,(H3,17,18,19,24)/t6-,7-,9-,12-/m1/s1. The highest BCUT2D eigenvalue weighted by molar-refractivity contribution is 5.71. The SMILES string of the molecule is N#CCCCn1c(=O)n([C@@H]2O[C@H](CO)[C@@H](F)[C@H]2O)c2nc(N)[nH]c(=O)c21. The van der Waals surface area contributed by atoms with Gasteiger partial charge in [0, 0.05) is 13.0 Å². The Bertz CT molecular complexity index is 975. The van der Waals surface area contributed by atoms with Crippen molar-refractivity contribution in [2.75, 3.05) is 12.3 Å². The number of nitrogens with two attached hydrogens (primary N) is 1. The van der Waals surface area contributed by atoms with E-state index >= 15 is 0 Å². The smallest absolute Gasteiger partial charge is 0.332 e. The summed E-state index contributed by atoms with van der Waals surface area (Å²) in [6.45, 7) is -0.656. The summed E-state index contributed by atoms with van der Waals surface area (Å²) >= 11 is 0. The van der Waals surface area contributed by atoms with Crippen molar-refractivity contribution in [3.8, 4) is 6.07 Å².